The van der Waals surface area contributed by atoms with Crippen LogP contribution in [0.5, 0.6) is 0 Å². The van der Waals surface area contributed by atoms with Crippen molar-refractivity contribution < 1.29 is 9.59 Å². The fraction of sp³-hybridized carbons (Fsp3) is 0.375. The minimum Gasteiger partial charge on any atom is -0.323 e. The Morgan fingerprint density at radius 3 is 2.92 bits per heavy atom. The number of thioether (sulfide) groups is 1. The quantitative estimate of drug-likeness (QED) is 0.859. The highest BCUT2D eigenvalue weighted by Gasteiger charge is 2.30. The molecule has 4 rings (SSSR count). The van der Waals surface area contributed by atoms with Crippen molar-refractivity contribution in [2.75, 3.05) is 22.5 Å². The Bertz CT molecular complexity index is 815. The van der Waals surface area contributed by atoms with E-state index < -0.39 is 0 Å². The SMILES string of the molecule is Cc1nnc(SCC(=O)N2CC(=O)Nc3ccccc32)n1C1CC1. The van der Waals surface area contributed by atoms with Gasteiger partial charge in [0, 0.05) is 6.04 Å². The number of aryl methyl sites for hydroxylation is 1. The van der Waals surface area contributed by atoms with Gasteiger partial charge in [-0.2, -0.15) is 0 Å². The molecule has 2 heterocycles. The van der Waals surface area contributed by atoms with Crippen molar-refractivity contribution in [2.45, 2.75) is 31.0 Å². The van der Waals surface area contributed by atoms with Gasteiger partial charge in [-0.3, -0.25) is 9.59 Å². The first kappa shape index (κ1) is 15.2. The molecule has 2 aromatic rings. The van der Waals surface area contributed by atoms with Crippen LogP contribution < -0.4 is 10.2 Å². The summed E-state index contributed by atoms with van der Waals surface area (Å²) in [6, 6.07) is 7.81. The van der Waals surface area contributed by atoms with Gasteiger partial charge in [-0.15, -0.1) is 10.2 Å². The minimum atomic E-state index is -0.177. The van der Waals surface area contributed by atoms with Crippen molar-refractivity contribution >= 4 is 35.0 Å². The Hall–Kier alpha value is -2.35. The van der Waals surface area contributed by atoms with Crippen LogP contribution in [0, 0.1) is 6.92 Å². The van der Waals surface area contributed by atoms with Crippen molar-refractivity contribution in [2.24, 2.45) is 0 Å². The molecule has 1 aliphatic carbocycles. The topological polar surface area (TPSA) is 80.1 Å². The summed E-state index contributed by atoms with van der Waals surface area (Å²) in [5.74, 6) is 0.830. The third-order valence-corrected chi connectivity index (χ3v) is 5.07. The zero-order valence-corrected chi connectivity index (χ0v) is 14.0. The molecule has 124 valence electrons. The van der Waals surface area contributed by atoms with Crippen LogP contribution in [0.15, 0.2) is 29.4 Å². The maximum atomic E-state index is 12.7. The molecule has 0 bridgehead atoms. The normalized spacial score (nSPS) is 16.7. The molecule has 1 aliphatic heterocycles. The maximum Gasteiger partial charge on any atom is 0.244 e. The standard InChI is InChI=1S/C16H17N5O2S/c1-10-18-19-16(21(10)11-6-7-11)24-9-15(23)20-8-14(22)17-12-4-2-3-5-13(12)20/h2-5,11H,6-9H2,1H3,(H,17,22). The summed E-state index contributed by atoms with van der Waals surface area (Å²) in [7, 11) is 0. The first-order valence-electron chi connectivity index (χ1n) is 7.87. The molecule has 1 N–H and O–H groups in total. The summed E-state index contributed by atoms with van der Waals surface area (Å²) in [5.41, 5.74) is 1.41. The number of para-hydroxylation sites is 2. The van der Waals surface area contributed by atoms with E-state index in [1.807, 2.05) is 25.1 Å². The van der Waals surface area contributed by atoms with Crippen molar-refractivity contribution in [1.82, 2.24) is 14.8 Å². The Labute approximate surface area is 143 Å². The molecular formula is C16H17N5O2S. The van der Waals surface area contributed by atoms with Gasteiger partial charge in [-0.1, -0.05) is 23.9 Å². The number of nitrogens with one attached hydrogen (secondary N) is 1. The number of carbonyl (C=O) groups is 2. The fourth-order valence-corrected chi connectivity index (χ4v) is 3.79. The van der Waals surface area contributed by atoms with Gasteiger partial charge in [0.05, 0.1) is 17.1 Å². The van der Waals surface area contributed by atoms with Crippen LogP contribution in [0.25, 0.3) is 0 Å². The third-order valence-electron chi connectivity index (χ3n) is 4.14. The van der Waals surface area contributed by atoms with Gasteiger partial charge in [0.2, 0.25) is 11.8 Å². The summed E-state index contributed by atoms with van der Waals surface area (Å²) < 4.78 is 2.11. The second-order valence-electron chi connectivity index (χ2n) is 5.96. The van der Waals surface area contributed by atoms with Crippen LogP contribution in [0.1, 0.15) is 24.7 Å². The lowest BCUT2D eigenvalue weighted by Crippen LogP contribution is -2.43. The number of hydrogen-bond donors (Lipinski definition) is 1. The van der Waals surface area contributed by atoms with Gasteiger partial charge in [0.25, 0.3) is 0 Å². The van der Waals surface area contributed by atoms with Crippen LogP contribution in [0.2, 0.25) is 0 Å². The van der Waals surface area contributed by atoms with E-state index >= 15 is 0 Å². The van der Waals surface area contributed by atoms with E-state index in [0.29, 0.717) is 11.7 Å². The lowest BCUT2D eigenvalue weighted by atomic mass is 10.2. The van der Waals surface area contributed by atoms with Crippen LogP contribution in [0.3, 0.4) is 0 Å². The summed E-state index contributed by atoms with van der Waals surface area (Å²) in [6.45, 7) is 1.98. The molecule has 0 spiro atoms. The number of hydrogen-bond acceptors (Lipinski definition) is 5. The highest BCUT2D eigenvalue weighted by molar-refractivity contribution is 7.99. The highest BCUT2D eigenvalue weighted by Crippen LogP contribution is 2.38. The summed E-state index contributed by atoms with van der Waals surface area (Å²) in [6.07, 6.45) is 2.28. The molecular weight excluding hydrogens is 326 g/mol. The predicted octanol–water partition coefficient (Wildman–Crippen LogP) is 2.00. The van der Waals surface area contributed by atoms with Crippen molar-refractivity contribution in [3.05, 3.63) is 30.1 Å². The molecule has 0 atom stereocenters. The van der Waals surface area contributed by atoms with E-state index in [1.165, 1.54) is 16.7 Å². The number of benzene rings is 1. The van der Waals surface area contributed by atoms with Crippen LogP contribution in [0.4, 0.5) is 11.4 Å². The first-order valence-corrected chi connectivity index (χ1v) is 8.85. The molecule has 7 nitrogen and oxygen atoms in total. The van der Waals surface area contributed by atoms with E-state index in [1.54, 1.807) is 6.07 Å². The molecule has 2 amide bonds. The third kappa shape index (κ3) is 2.77. The number of nitrogens with zero attached hydrogens (tertiary/aromatic N) is 4. The van der Waals surface area contributed by atoms with E-state index in [2.05, 4.69) is 20.1 Å². The predicted molar refractivity (Wildman–Crippen MR) is 91.2 cm³/mol. The molecule has 0 radical (unpaired) electrons. The lowest BCUT2D eigenvalue weighted by molar-refractivity contribution is -0.120. The highest BCUT2D eigenvalue weighted by atomic mass is 32.2. The molecule has 0 unspecified atom stereocenters. The monoisotopic (exact) mass is 343 g/mol. The van der Waals surface area contributed by atoms with Gasteiger partial charge in [-0.25, -0.2) is 0 Å². The molecule has 24 heavy (non-hydrogen) atoms. The minimum absolute atomic E-state index is 0.0464. The summed E-state index contributed by atoms with van der Waals surface area (Å²) in [4.78, 5) is 26.0. The summed E-state index contributed by atoms with van der Waals surface area (Å²) >= 11 is 1.38. The van der Waals surface area contributed by atoms with Gasteiger partial charge in [0.15, 0.2) is 5.16 Å². The van der Waals surface area contributed by atoms with Crippen molar-refractivity contribution in [3.8, 4) is 0 Å². The summed E-state index contributed by atoms with van der Waals surface area (Å²) in [5, 5.41) is 11.9. The Morgan fingerprint density at radius 1 is 1.33 bits per heavy atom. The average molecular weight is 343 g/mol. The first-order chi connectivity index (χ1) is 11.6. The van der Waals surface area contributed by atoms with E-state index in [4.69, 9.17) is 0 Å². The number of carbonyl (C=O) groups excluding carboxylic acids is 2. The maximum absolute atomic E-state index is 12.7. The van der Waals surface area contributed by atoms with Crippen LogP contribution >= 0.6 is 11.8 Å². The Kier molecular flexibility index (Phi) is 3.76. The van der Waals surface area contributed by atoms with Gasteiger partial charge in [-0.05, 0) is 31.9 Å². The smallest absolute Gasteiger partial charge is 0.244 e. The number of amides is 2. The van der Waals surface area contributed by atoms with Gasteiger partial charge < -0.3 is 14.8 Å². The number of aromatic nitrogens is 3. The molecule has 1 saturated carbocycles. The molecule has 0 saturated heterocycles. The van der Waals surface area contributed by atoms with E-state index in [0.717, 1.165) is 29.5 Å². The van der Waals surface area contributed by atoms with Gasteiger partial charge >= 0.3 is 0 Å². The van der Waals surface area contributed by atoms with Crippen LogP contribution in [-0.4, -0.2) is 38.9 Å². The number of fused-ring (bicyclic) bond motifs is 1. The Morgan fingerprint density at radius 2 is 2.12 bits per heavy atom. The molecule has 1 aromatic heterocycles. The molecule has 1 fully saturated rings. The second kappa shape index (κ2) is 5.94. The largest absolute Gasteiger partial charge is 0.323 e. The average Bonchev–Trinajstić information content (AvgIpc) is 3.34. The molecule has 1 aromatic carbocycles. The number of rotatable bonds is 4. The second-order valence-corrected chi connectivity index (χ2v) is 6.91. The van der Waals surface area contributed by atoms with E-state index in [-0.39, 0.29) is 24.1 Å². The van der Waals surface area contributed by atoms with E-state index in [9.17, 15) is 9.59 Å². The van der Waals surface area contributed by atoms with Crippen molar-refractivity contribution in [3.63, 3.8) is 0 Å². The van der Waals surface area contributed by atoms with Crippen molar-refractivity contribution in [1.29, 1.82) is 0 Å². The fourth-order valence-electron chi connectivity index (χ4n) is 2.86. The molecule has 8 heteroatoms. The zero-order valence-electron chi connectivity index (χ0n) is 13.2. The zero-order chi connectivity index (χ0) is 16.7. The van der Waals surface area contributed by atoms with Gasteiger partial charge in [0.1, 0.15) is 12.4 Å². The number of anilines is 2. The Balaban J connectivity index is 1.50. The lowest BCUT2D eigenvalue weighted by Gasteiger charge is -2.29. The van der Waals surface area contributed by atoms with Crippen LogP contribution in [-0.2, 0) is 9.59 Å². The molecule has 2 aliphatic rings.